The predicted molar refractivity (Wildman–Crippen MR) is 154 cm³/mol. The third-order valence-electron chi connectivity index (χ3n) is 6.22. The molecule has 0 aromatic heterocycles. The number of primary amides is 1. The highest BCUT2D eigenvalue weighted by atomic mass is 16.5. The van der Waals surface area contributed by atoms with Gasteiger partial charge in [-0.25, -0.2) is 4.79 Å². The lowest BCUT2D eigenvalue weighted by Crippen LogP contribution is -2.52. The molecule has 0 aliphatic rings. The summed E-state index contributed by atoms with van der Waals surface area (Å²) in [4.78, 5) is 64.4. The van der Waals surface area contributed by atoms with Crippen LogP contribution in [0.2, 0.25) is 0 Å². The Morgan fingerprint density at radius 2 is 1.45 bits per heavy atom. The van der Waals surface area contributed by atoms with Crippen LogP contribution in [0.5, 0.6) is 5.75 Å². The van der Waals surface area contributed by atoms with Gasteiger partial charge in [0, 0.05) is 19.5 Å². The van der Waals surface area contributed by atoms with Gasteiger partial charge in [0.15, 0.2) is 0 Å². The van der Waals surface area contributed by atoms with Gasteiger partial charge in [-0.05, 0) is 28.8 Å². The molecule has 42 heavy (non-hydrogen) atoms. The van der Waals surface area contributed by atoms with Crippen LogP contribution in [0.4, 0.5) is 4.79 Å². The minimum Gasteiger partial charge on any atom is -0.497 e. The van der Waals surface area contributed by atoms with Crippen molar-refractivity contribution >= 4 is 29.6 Å². The Morgan fingerprint density at radius 3 is 2.05 bits per heavy atom. The van der Waals surface area contributed by atoms with Gasteiger partial charge >= 0.3 is 6.09 Å². The number of hydrogen-bond donors (Lipinski definition) is 3. The average Bonchev–Trinajstić information content (AvgIpc) is 3.00. The fourth-order valence-corrected chi connectivity index (χ4v) is 4.07. The van der Waals surface area contributed by atoms with Crippen molar-refractivity contribution in [2.24, 2.45) is 5.73 Å². The first-order chi connectivity index (χ1) is 20.2. The van der Waals surface area contributed by atoms with E-state index >= 15 is 0 Å². The summed E-state index contributed by atoms with van der Waals surface area (Å²) in [6.45, 7) is -0.592. The van der Waals surface area contributed by atoms with Crippen LogP contribution in [0.1, 0.15) is 23.1 Å². The van der Waals surface area contributed by atoms with Crippen molar-refractivity contribution in [3.8, 4) is 5.75 Å². The molecule has 11 heteroatoms. The molecule has 0 aliphatic carbocycles. The Hall–Kier alpha value is -5.19. The van der Waals surface area contributed by atoms with Crippen molar-refractivity contribution in [2.75, 3.05) is 20.3 Å². The van der Waals surface area contributed by atoms with E-state index in [1.54, 1.807) is 48.5 Å². The lowest BCUT2D eigenvalue weighted by atomic mass is 10.0. The molecule has 1 atom stereocenters. The van der Waals surface area contributed by atoms with Gasteiger partial charge < -0.3 is 30.7 Å². The van der Waals surface area contributed by atoms with Crippen molar-refractivity contribution < 1.29 is 33.4 Å². The lowest BCUT2D eigenvalue weighted by molar-refractivity contribution is -0.143. The van der Waals surface area contributed by atoms with Gasteiger partial charge in [0.1, 0.15) is 18.4 Å². The molecule has 11 nitrogen and oxygen atoms in total. The number of rotatable bonds is 15. The highest BCUT2D eigenvalue weighted by molar-refractivity contribution is 6.37. The third-order valence-corrected chi connectivity index (χ3v) is 6.22. The number of amides is 4. The molecule has 4 N–H and O–H groups in total. The Bertz CT molecular complexity index is 1350. The monoisotopic (exact) mass is 574 g/mol. The summed E-state index contributed by atoms with van der Waals surface area (Å²) in [5, 5.41) is 5.27. The number of methoxy groups -OCH3 is 1. The highest BCUT2D eigenvalue weighted by Crippen LogP contribution is 2.15. The highest BCUT2D eigenvalue weighted by Gasteiger charge is 2.29. The van der Waals surface area contributed by atoms with Gasteiger partial charge in [0.05, 0.1) is 20.1 Å². The van der Waals surface area contributed by atoms with Gasteiger partial charge in [0.25, 0.3) is 5.91 Å². The number of nitrogens with two attached hydrogens (primary N) is 1. The second kappa shape index (κ2) is 16.2. The molecule has 220 valence electrons. The molecular formula is C31H34N4O7. The molecule has 0 spiro atoms. The van der Waals surface area contributed by atoms with Crippen molar-refractivity contribution in [1.29, 1.82) is 0 Å². The molecule has 0 fully saturated rings. The Labute approximate surface area is 244 Å². The van der Waals surface area contributed by atoms with Gasteiger partial charge in [-0.15, -0.1) is 0 Å². The standard InChI is InChI=1S/C31H34N4O7/c1-41-25-14-12-22(13-15-25)18-26(34-28(37)16-17-42-31(32)40)30(39)35(20-24-10-6-3-7-11-24)21-27(36)29(38)33-19-23-8-4-2-5-9-23/h2-15,26H,16-21H2,1H3,(H2,32,40)(H,33,38)(H,34,37)/t26-/m0/s1. The smallest absolute Gasteiger partial charge is 0.404 e. The first-order valence-corrected chi connectivity index (χ1v) is 13.3. The minimum atomic E-state index is -1.09. The van der Waals surface area contributed by atoms with E-state index in [1.165, 1.54) is 12.0 Å². The molecule has 0 radical (unpaired) electrons. The molecule has 0 saturated carbocycles. The number of carbonyl (C=O) groups is 5. The first-order valence-electron chi connectivity index (χ1n) is 13.3. The SMILES string of the molecule is COc1ccc(C[C@H](NC(=O)CCOC(N)=O)C(=O)N(CC(=O)C(=O)NCc2ccccc2)Cc2ccccc2)cc1. The van der Waals surface area contributed by atoms with Crippen LogP contribution in [0, 0.1) is 0 Å². The number of carbonyl (C=O) groups excluding carboxylic acids is 5. The number of hydrogen-bond acceptors (Lipinski definition) is 7. The van der Waals surface area contributed by atoms with Crippen LogP contribution in [0.15, 0.2) is 84.9 Å². The largest absolute Gasteiger partial charge is 0.497 e. The van der Waals surface area contributed by atoms with Crippen LogP contribution in [0.25, 0.3) is 0 Å². The van der Waals surface area contributed by atoms with E-state index in [4.69, 9.17) is 10.5 Å². The number of nitrogens with zero attached hydrogens (tertiary/aromatic N) is 1. The summed E-state index contributed by atoms with van der Waals surface area (Å²) >= 11 is 0. The van der Waals surface area contributed by atoms with Gasteiger partial charge in [-0.1, -0.05) is 72.8 Å². The Morgan fingerprint density at radius 1 is 0.833 bits per heavy atom. The summed E-state index contributed by atoms with van der Waals surface area (Å²) in [6.07, 6.45) is -1.16. The zero-order chi connectivity index (χ0) is 30.3. The van der Waals surface area contributed by atoms with Crippen LogP contribution in [0.3, 0.4) is 0 Å². The number of Topliss-reactive ketones (excluding diaryl/α,β-unsaturated/α-hetero) is 1. The predicted octanol–water partition coefficient (Wildman–Crippen LogP) is 2.12. The molecule has 0 saturated heterocycles. The zero-order valence-corrected chi connectivity index (χ0v) is 23.3. The lowest BCUT2D eigenvalue weighted by Gasteiger charge is -2.28. The summed E-state index contributed by atoms with van der Waals surface area (Å²) in [6, 6.07) is 24.0. The molecule has 0 unspecified atom stereocenters. The second-order valence-corrected chi connectivity index (χ2v) is 9.36. The molecule has 4 amide bonds. The van der Waals surface area contributed by atoms with Crippen LogP contribution < -0.4 is 21.1 Å². The summed E-state index contributed by atoms with van der Waals surface area (Å²) in [7, 11) is 1.53. The molecule has 0 heterocycles. The van der Waals surface area contributed by atoms with Crippen molar-refractivity contribution in [1.82, 2.24) is 15.5 Å². The number of nitrogens with one attached hydrogen (secondary N) is 2. The molecule has 3 rings (SSSR count). The summed E-state index contributed by atoms with van der Waals surface area (Å²) in [5.41, 5.74) is 7.23. The summed E-state index contributed by atoms with van der Waals surface area (Å²) < 4.78 is 9.84. The Kier molecular flexibility index (Phi) is 12.1. The Balaban J connectivity index is 1.80. The summed E-state index contributed by atoms with van der Waals surface area (Å²) in [5.74, 6) is -2.14. The minimum absolute atomic E-state index is 0.0249. The second-order valence-electron chi connectivity index (χ2n) is 9.36. The molecular weight excluding hydrogens is 540 g/mol. The first kappa shape index (κ1) is 31.3. The van der Waals surface area contributed by atoms with Crippen LogP contribution >= 0.6 is 0 Å². The van der Waals surface area contributed by atoms with E-state index in [0.717, 1.165) is 16.7 Å². The third kappa shape index (κ3) is 10.4. The van der Waals surface area contributed by atoms with Gasteiger partial charge in [-0.3, -0.25) is 19.2 Å². The number of benzene rings is 3. The van der Waals surface area contributed by atoms with E-state index in [1.807, 2.05) is 36.4 Å². The molecule has 3 aromatic carbocycles. The van der Waals surface area contributed by atoms with Crippen molar-refractivity contribution in [3.63, 3.8) is 0 Å². The molecule has 3 aromatic rings. The van der Waals surface area contributed by atoms with E-state index in [9.17, 15) is 24.0 Å². The van der Waals surface area contributed by atoms with E-state index in [0.29, 0.717) is 5.75 Å². The van der Waals surface area contributed by atoms with Crippen LogP contribution in [-0.4, -0.2) is 60.8 Å². The van der Waals surface area contributed by atoms with Crippen molar-refractivity contribution in [3.05, 3.63) is 102 Å². The fraction of sp³-hybridized carbons (Fsp3) is 0.258. The van der Waals surface area contributed by atoms with Gasteiger partial charge in [0.2, 0.25) is 17.6 Å². The quantitative estimate of drug-likeness (QED) is 0.235. The fourth-order valence-electron chi connectivity index (χ4n) is 4.07. The topological polar surface area (TPSA) is 157 Å². The molecule has 0 bridgehead atoms. The maximum absolute atomic E-state index is 13.9. The van der Waals surface area contributed by atoms with E-state index in [2.05, 4.69) is 15.4 Å². The maximum atomic E-state index is 13.9. The normalized spacial score (nSPS) is 11.1. The van der Waals surface area contributed by atoms with Crippen LogP contribution in [-0.2, 0) is 43.4 Å². The number of ether oxygens (including phenoxy) is 2. The average molecular weight is 575 g/mol. The number of ketones is 1. The van der Waals surface area contributed by atoms with Gasteiger partial charge in [-0.2, -0.15) is 0 Å². The molecule has 0 aliphatic heterocycles. The van der Waals surface area contributed by atoms with Crippen molar-refractivity contribution in [2.45, 2.75) is 32.0 Å². The van der Waals surface area contributed by atoms with E-state index < -0.39 is 42.2 Å². The zero-order valence-electron chi connectivity index (χ0n) is 23.3. The van der Waals surface area contributed by atoms with E-state index in [-0.39, 0.29) is 32.5 Å². The maximum Gasteiger partial charge on any atom is 0.404 e.